The molecule has 1 unspecified atom stereocenters. The number of nitrogens with zero attached hydrogens (tertiary/aromatic N) is 2. The molecule has 0 saturated heterocycles. The molecule has 178 valence electrons. The first-order valence-electron chi connectivity index (χ1n) is 12.0. The van der Waals surface area contributed by atoms with Crippen molar-refractivity contribution in [2.24, 2.45) is 11.3 Å². The second-order valence-electron chi connectivity index (χ2n) is 9.47. The summed E-state index contributed by atoms with van der Waals surface area (Å²) in [4.78, 5) is 31.2. The van der Waals surface area contributed by atoms with E-state index < -0.39 is 11.4 Å². The summed E-state index contributed by atoms with van der Waals surface area (Å²) >= 11 is 1.73. The zero-order chi connectivity index (χ0) is 24.2. The smallest absolute Gasteiger partial charge is 0.309 e. The molecule has 0 saturated carbocycles. The van der Waals surface area contributed by atoms with E-state index in [9.17, 15) is 14.7 Å². The third-order valence-corrected chi connectivity index (χ3v) is 7.82. The predicted octanol–water partition coefficient (Wildman–Crippen LogP) is 7.15. The number of rotatable bonds is 12. The SMILES string of the molecule is CCCC(CC(=O)c1ccc2c(c1)nc(Cc1cccs1)n2C(CC)CC)C(C)(C)C(=O)O. The van der Waals surface area contributed by atoms with E-state index in [0.29, 0.717) is 18.0 Å². The topological polar surface area (TPSA) is 72.2 Å². The lowest BCUT2D eigenvalue weighted by atomic mass is 9.73. The molecule has 1 atom stereocenters. The van der Waals surface area contributed by atoms with Crippen molar-refractivity contribution < 1.29 is 14.7 Å². The second-order valence-corrected chi connectivity index (χ2v) is 10.5. The van der Waals surface area contributed by atoms with Gasteiger partial charge in [0.15, 0.2) is 5.78 Å². The second kappa shape index (κ2) is 10.6. The Labute approximate surface area is 200 Å². The number of hydrogen-bond donors (Lipinski definition) is 1. The number of aliphatic carboxylic acids is 1. The average Bonchev–Trinajstić information content (AvgIpc) is 3.42. The first kappa shape index (κ1) is 25.2. The molecule has 0 bridgehead atoms. The highest BCUT2D eigenvalue weighted by Crippen LogP contribution is 2.35. The van der Waals surface area contributed by atoms with Gasteiger partial charge in [-0.25, -0.2) is 4.98 Å². The number of benzene rings is 1. The fraction of sp³-hybridized carbons (Fsp3) is 0.519. The lowest BCUT2D eigenvalue weighted by Crippen LogP contribution is -2.34. The summed E-state index contributed by atoms with van der Waals surface area (Å²) in [5.74, 6) is -0.0470. The Bertz CT molecular complexity index is 1090. The summed E-state index contributed by atoms with van der Waals surface area (Å²) in [5.41, 5.74) is 1.56. The standard InChI is InChI=1S/C27H36N2O3S/c1-6-10-19(27(4,5)26(31)32)16-24(30)18-12-13-23-22(15-18)28-25(17-21-11-9-14-33-21)29(23)20(7-2)8-3/h9,11-15,19-20H,6-8,10,16-17H2,1-5H3,(H,31,32). The van der Waals surface area contributed by atoms with E-state index in [4.69, 9.17) is 4.98 Å². The molecule has 3 rings (SSSR count). The molecule has 0 aliphatic rings. The molecule has 0 aliphatic heterocycles. The van der Waals surface area contributed by atoms with Gasteiger partial charge >= 0.3 is 5.97 Å². The van der Waals surface area contributed by atoms with E-state index >= 15 is 0 Å². The molecule has 1 aromatic carbocycles. The van der Waals surface area contributed by atoms with Crippen LogP contribution >= 0.6 is 11.3 Å². The van der Waals surface area contributed by atoms with Crippen LogP contribution in [0.1, 0.15) is 93.8 Å². The molecule has 33 heavy (non-hydrogen) atoms. The molecule has 0 fully saturated rings. The third kappa shape index (κ3) is 5.37. The zero-order valence-corrected chi connectivity index (χ0v) is 21.2. The van der Waals surface area contributed by atoms with Gasteiger partial charge in [-0.3, -0.25) is 9.59 Å². The normalized spacial score (nSPS) is 13.0. The first-order chi connectivity index (χ1) is 15.7. The number of Topliss-reactive ketones (excluding diaryl/α,β-unsaturated/α-hetero) is 1. The Morgan fingerprint density at radius 2 is 1.88 bits per heavy atom. The lowest BCUT2D eigenvalue weighted by Gasteiger charge is -2.29. The minimum absolute atomic E-state index is 0.0124. The van der Waals surface area contributed by atoms with Gasteiger partial charge in [0.25, 0.3) is 0 Å². The Balaban J connectivity index is 1.97. The molecule has 0 aliphatic carbocycles. The Kier molecular flexibility index (Phi) is 8.11. The van der Waals surface area contributed by atoms with E-state index in [-0.39, 0.29) is 18.1 Å². The van der Waals surface area contributed by atoms with Gasteiger partial charge in [0, 0.05) is 29.3 Å². The molecule has 2 heterocycles. The van der Waals surface area contributed by atoms with Crippen LogP contribution in [-0.4, -0.2) is 26.4 Å². The van der Waals surface area contributed by atoms with Crippen LogP contribution in [0.2, 0.25) is 0 Å². The highest BCUT2D eigenvalue weighted by molar-refractivity contribution is 7.09. The Hall–Kier alpha value is -2.47. The summed E-state index contributed by atoms with van der Waals surface area (Å²) in [6, 6.07) is 10.3. The molecule has 6 heteroatoms. The summed E-state index contributed by atoms with van der Waals surface area (Å²) in [7, 11) is 0. The minimum atomic E-state index is -0.944. The number of carboxylic acids is 1. The molecule has 0 amide bonds. The van der Waals surface area contributed by atoms with Gasteiger partial charge in [-0.15, -0.1) is 11.3 Å². The van der Waals surface area contributed by atoms with Crippen molar-refractivity contribution in [3.8, 4) is 0 Å². The number of aromatic nitrogens is 2. The van der Waals surface area contributed by atoms with Crippen molar-refractivity contribution in [1.82, 2.24) is 9.55 Å². The molecule has 0 spiro atoms. The summed E-state index contributed by atoms with van der Waals surface area (Å²) in [6.07, 6.45) is 4.60. The Morgan fingerprint density at radius 1 is 1.15 bits per heavy atom. The summed E-state index contributed by atoms with van der Waals surface area (Å²) in [5, 5.41) is 11.8. The maximum absolute atomic E-state index is 13.2. The van der Waals surface area contributed by atoms with Gasteiger partial charge in [0.05, 0.1) is 16.4 Å². The quantitative estimate of drug-likeness (QED) is 0.286. The van der Waals surface area contributed by atoms with E-state index in [1.165, 1.54) is 4.88 Å². The number of ketones is 1. The van der Waals surface area contributed by atoms with Crippen LogP contribution in [0.25, 0.3) is 11.0 Å². The van der Waals surface area contributed by atoms with Gasteiger partial charge in [-0.1, -0.05) is 33.3 Å². The van der Waals surface area contributed by atoms with Crippen LogP contribution in [0.15, 0.2) is 35.7 Å². The van der Waals surface area contributed by atoms with Crippen LogP contribution in [-0.2, 0) is 11.2 Å². The number of carbonyl (C=O) groups is 2. The van der Waals surface area contributed by atoms with Crippen molar-refractivity contribution in [3.05, 3.63) is 52.0 Å². The average molecular weight is 469 g/mol. The third-order valence-electron chi connectivity index (χ3n) is 6.95. The van der Waals surface area contributed by atoms with E-state index in [1.54, 1.807) is 25.2 Å². The van der Waals surface area contributed by atoms with E-state index in [0.717, 1.165) is 42.5 Å². The minimum Gasteiger partial charge on any atom is -0.481 e. The molecule has 0 radical (unpaired) electrons. The number of hydrogen-bond acceptors (Lipinski definition) is 4. The maximum Gasteiger partial charge on any atom is 0.309 e. The highest BCUT2D eigenvalue weighted by atomic mass is 32.1. The number of imidazole rings is 1. The summed E-state index contributed by atoms with van der Waals surface area (Å²) in [6.45, 7) is 9.87. The van der Waals surface area contributed by atoms with Crippen molar-refractivity contribution in [3.63, 3.8) is 0 Å². The number of fused-ring (bicyclic) bond motifs is 1. The molecular formula is C27H36N2O3S. The van der Waals surface area contributed by atoms with Crippen LogP contribution in [0.5, 0.6) is 0 Å². The zero-order valence-electron chi connectivity index (χ0n) is 20.4. The molecule has 2 aromatic heterocycles. The largest absolute Gasteiger partial charge is 0.481 e. The van der Waals surface area contributed by atoms with Crippen molar-refractivity contribution >= 4 is 34.1 Å². The molecule has 3 aromatic rings. The van der Waals surface area contributed by atoms with Gasteiger partial charge in [-0.05, 0) is 68.7 Å². The molecular weight excluding hydrogens is 432 g/mol. The van der Waals surface area contributed by atoms with Crippen LogP contribution in [0, 0.1) is 11.3 Å². The van der Waals surface area contributed by atoms with Crippen LogP contribution < -0.4 is 0 Å². The molecule has 5 nitrogen and oxygen atoms in total. The fourth-order valence-corrected chi connectivity index (χ4v) is 5.36. The lowest BCUT2D eigenvalue weighted by molar-refractivity contribution is -0.150. The van der Waals surface area contributed by atoms with Crippen molar-refractivity contribution in [2.75, 3.05) is 0 Å². The van der Waals surface area contributed by atoms with Crippen molar-refractivity contribution in [2.45, 2.75) is 79.2 Å². The van der Waals surface area contributed by atoms with E-state index in [1.807, 2.05) is 25.1 Å². The maximum atomic E-state index is 13.2. The van der Waals surface area contributed by atoms with Gasteiger partial charge in [-0.2, -0.15) is 0 Å². The predicted molar refractivity (Wildman–Crippen MR) is 135 cm³/mol. The number of carbonyl (C=O) groups excluding carboxylic acids is 1. The van der Waals surface area contributed by atoms with Crippen molar-refractivity contribution in [1.29, 1.82) is 0 Å². The Morgan fingerprint density at radius 3 is 2.45 bits per heavy atom. The van der Waals surface area contributed by atoms with Crippen LogP contribution in [0.3, 0.4) is 0 Å². The highest BCUT2D eigenvalue weighted by Gasteiger charge is 2.37. The van der Waals surface area contributed by atoms with Gasteiger partial charge in [0.2, 0.25) is 0 Å². The number of thiophene rings is 1. The van der Waals surface area contributed by atoms with Gasteiger partial charge in [0.1, 0.15) is 5.82 Å². The fourth-order valence-electron chi connectivity index (χ4n) is 4.66. The van der Waals surface area contributed by atoms with Crippen LogP contribution in [0.4, 0.5) is 0 Å². The van der Waals surface area contributed by atoms with Gasteiger partial charge < -0.3 is 9.67 Å². The van der Waals surface area contributed by atoms with E-state index in [2.05, 4.69) is 35.9 Å². The first-order valence-corrected chi connectivity index (χ1v) is 12.9. The summed E-state index contributed by atoms with van der Waals surface area (Å²) < 4.78 is 2.34. The monoisotopic (exact) mass is 468 g/mol. The molecule has 1 N–H and O–H groups in total. The number of carboxylic acid groups (broad SMARTS) is 1.